The number of benzene rings is 1. The number of fused-ring (bicyclic) bond motifs is 2. The SMILES string of the molecule is c1ccc(Oc2ccc(-c3noc([C@H]4C[C@H]5CC[C@H]4O5)n3)cn2)cc1. The molecule has 6 heteroatoms. The van der Waals surface area contributed by atoms with Gasteiger partial charge >= 0.3 is 0 Å². The van der Waals surface area contributed by atoms with Gasteiger partial charge < -0.3 is 14.0 Å². The molecule has 0 radical (unpaired) electrons. The van der Waals surface area contributed by atoms with E-state index in [0.717, 1.165) is 30.6 Å². The summed E-state index contributed by atoms with van der Waals surface area (Å²) in [6.45, 7) is 0. The standard InChI is InChI=1S/C19H17N3O3/c1-2-4-13(5-3-1)24-17-9-6-12(11-20-17)18-21-19(25-22-18)15-10-14-7-8-16(15)23-14/h1-6,9,11,14-16H,7-8,10H2/t14-,15+,16-/m1/s1. The zero-order chi connectivity index (χ0) is 16.6. The Bertz CT molecular complexity index is 863. The minimum atomic E-state index is 0.230. The lowest BCUT2D eigenvalue weighted by atomic mass is 9.89. The minimum Gasteiger partial charge on any atom is -0.439 e. The zero-order valence-corrected chi connectivity index (χ0v) is 13.5. The van der Waals surface area contributed by atoms with Gasteiger partial charge in [0.25, 0.3) is 0 Å². The van der Waals surface area contributed by atoms with Crippen molar-refractivity contribution in [2.24, 2.45) is 0 Å². The van der Waals surface area contributed by atoms with Crippen LogP contribution >= 0.6 is 0 Å². The predicted octanol–water partition coefficient (Wildman–Crippen LogP) is 3.96. The van der Waals surface area contributed by atoms with Crippen molar-refractivity contribution < 1.29 is 14.0 Å². The van der Waals surface area contributed by atoms with Gasteiger partial charge in [-0.3, -0.25) is 0 Å². The molecule has 0 aliphatic carbocycles. The van der Waals surface area contributed by atoms with Gasteiger partial charge in [-0.05, 0) is 37.5 Å². The van der Waals surface area contributed by atoms with Gasteiger partial charge in [-0.25, -0.2) is 4.98 Å². The number of para-hydroxylation sites is 1. The fraction of sp³-hybridized carbons (Fsp3) is 0.316. The van der Waals surface area contributed by atoms with Gasteiger partial charge in [-0.15, -0.1) is 0 Å². The average molecular weight is 335 g/mol. The Labute approximate surface area is 144 Å². The summed E-state index contributed by atoms with van der Waals surface area (Å²) in [5, 5.41) is 4.11. The van der Waals surface area contributed by atoms with Gasteiger partial charge in [0.1, 0.15) is 5.75 Å². The Morgan fingerprint density at radius 3 is 2.68 bits per heavy atom. The van der Waals surface area contributed by atoms with E-state index in [1.807, 2.05) is 36.4 Å². The van der Waals surface area contributed by atoms with E-state index in [1.54, 1.807) is 12.3 Å². The topological polar surface area (TPSA) is 70.3 Å². The van der Waals surface area contributed by atoms with Crippen molar-refractivity contribution in [3.8, 4) is 23.0 Å². The van der Waals surface area contributed by atoms with Crippen LogP contribution in [0.1, 0.15) is 31.1 Å². The largest absolute Gasteiger partial charge is 0.439 e. The normalized spacial score (nSPS) is 24.6. The van der Waals surface area contributed by atoms with Gasteiger partial charge in [-0.1, -0.05) is 23.4 Å². The van der Waals surface area contributed by atoms with Crippen LogP contribution in [0.5, 0.6) is 11.6 Å². The molecule has 3 atom stereocenters. The zero-order valence-electron chi connectivity index (χ0n) is 13.5. The molecule has 2 fully saturated rings. The molecule has 3 aromatic rings. The average Bonchev–Trinajstić information content (AvgIpc) is 3.40. The van der Waals surface area contributed by atoms with Crippen LogP contribution in [0.15, 0.2) is 53.2 Å². The number of pyridine rings is 1. The molecule has 2 saturated heterocycles. The van der Waals surface area contributed by atoms with Gasteiger partial charge in [0.15, 0.2) is 0 Å². The van der Waals surface area contributed by atoms with E-state index in [0.29, 0.717) is 23.7 Å². The van der Waals surface area contributed by atoms with E-state index in [9.17, 15) is 0 Å². The van der Waals surface area contributed by atoms with E-state index in [-0.39, 0.29) is 12.0 Å². The molecule has 126 valence electrons. The maximum Gasteiger partial charge on any atom is 0.232 e. The van der Waals surface area contributed by atoms with Crippen LogP contribution in [0, 0.1) is 0 Å². The summed E-state index contributed by atoms with van der Waals surface area (Å²) in [6, 6.07) is 13.2. The number of rotatable bonds is 4. The molecule has 2 bridgehead atoms. The highest BCUT2D eigenvalue weighted by atomic mass is 16.5. The molecule has 0 unspecified atom stereocenters. The molecule has 0 spiro atoms. The third-order valence-corrected chi connectivity index (χ3v) is 4.83. The molecule has 1 aromatic carbocycles. The van der Waals surface area contributed by atoms with E-state index in [2.05, 4.69) is 15.1 Å². The maximum absolute atomic E-state index is 5.87. The van der Waals surface area contributed by atoms with Crippen molar-refractivity contribution in [1.29, 1.82) is 0 Å². The second kappa shape index (κ2) is 5.97. The summed E-state index contributed by atoms with van der Waals surface area (Å²) < 4.78 is 17.0. The van der Waals surface area contributed by atoms with Crippen LogP contribution in [0.4, 0.5) is 0 Å². The van der Waals surface area contributed by atoms with E-state index >= 15 is 0 Å². The molecule has 0 amide bonds. The molecular weight excluding hydrogens is 318 g/mol. The van der Waals surface area contributed by atoms with Crippen molar-refractivity contribution in [1.82, 2.24) is 15.1 Å². The molecule has 25 heavy (non-hydrogen) atoms. The van der Waals surface area contributed by atoms with Crippen LogP contribution in [0.25, 0.3) is 11.4 Å². The molecular formula is C19H17N3O3. The van der Waals surface area contributed by atoms with Crippen LogP contribution in [-0.2, 0) is 4.74 Å². The number of hydrogen-bond acceptors (Lipinski definition) is 6. The predicted molar refractivity (Wildman–Crippen MR) is 89.3 cm³/mol. The molecule has 2 aliphatic rings. The quantitative estimate of drug-likeness (QED) is 0.719. The summed E-state index contributed by atoms with van der Waals surface area (Å²) >= 11 is 0. The first-order valence-electron chi connectivity index (χ1n) is 8.53. The van der Waals surface area contributed by atoms with Crippen LogP contribution in [0.3, 0.4) is 0 Å². The van der Waals surface area contributed by atoms with E-state index < -0.39 is 0 Å². The molecule has 2 aliphatic heterocycles. The molecule has 6 nitrogen and oxygen atoms in total. The Kier molecular flexibility index (Phi) is 3.48. The van der Waals surface area contributed by atoms with Crippen molar-refractivity contribution in [2.45, 2.75) is 37.4 Å². The fourth-order valence-electron chi connectivity index (χ4n) is 3.58. The van der Waals surface area contributed by atoms with Gasteiger partial charge in [-0.2, -0.15) is 4.98 Å². The third-order valence-electron chi connectivity index (χ3n) is 4.83. The van der Waals surface area contributed by atoms with Gasteiger partial charge in [0.2, 0.25) is 17.6 Å². The molecule has 0 N–H and O–H groups in total. The second-order valence-corrected chi connectivity index (χ2v) is 6.47. The maximum atomic E-state index is 5.87. The Morgan fingerprint density at radius 2 is 1.96 bits per heavy atom. The number of hydrogen-bond donors (Lipinski definition) is 0. The molecule has 5 rings (SSSR count). The fourth-order valence-corrected chi connectivity index (χ4v) is 3.58. The van der Waals surface area contributed by atoms with Crippen molar-refractivity contribution in [3.63, 3.8) is 0 Å². The molecule has 4 heterocycles. The summed E-state index contributed by atoms with van der Waals surface area (Å²) in [7, 11) is 0. The highest BCUT2D eigenvalue weighted by molar-refractivity contribution is 5.53. The third kappa shape index (κ3) is 2.78. The number of aromatic nitrogens is 3. The van der Waals surface area contributed by atoms with Crippen LogP contribution in [0.2, 0.25) is 0 Å². The summed E-state index contributed by atoms with van der Waals surface area (Å²) in [4.78, 5) is 8.88. The number of ether oxygens (including phenoxy) is 2. The Hall–Kier alpha value is -2.73. The van der Waals surface area contributed by atoms with Crippen LogP contribution < -0.4 is 4.74 Å². The Balaban J connectivity index is 1.32. The van der Waals surface area contributed by atoms with Crippen LogP contribution in [-0.4, -0.2) is 27.3 Å². The first kappa shape index (κ1) is 14.6. The monoisotopic (exact) mass is 335 g/mol. The van der Waals surface area contributed by atoms with Gasteiger partial charge in [0, 0.05) is 17.8 Å². The lowest BCUT2D eigenvalue weighted by Crippen LogP contribution is -2.14. The summed E-state index contributed by atoms with van der Waals surface area (Å²) in [6.07, 6.45) is 5.51. The van der Waals surface area contributed by atoms with E-state index in [1.165, 1.54) is 0 Å². The Morgan fingerprint density at radius 1 is 1.04 bits per heavy atom. The summed E-state index contributed by atoms with van der Waals surface area (Å²) in [5.74, 6) is 2.73. The minimum absolute atomic E-state index is 0.230. The number of nitrogens with zero attached hydrogens (tertiary/aromatic N) is 3. The highest BCUT2D eigenvalue weighted by Gasteiger charge is 2.44. The van der Waals surface area contributed by atoms with E-state index in [4.69, 9.17) is 14.0 Å². The molecule has 2 aromatic heterocycles. The first-order valence-corrected chi connectivity index (χ1v) is 8.53. The summed E-state index contributed by atoms with van der Waals surface area (Å²) in [5.41, 5.74) is 0.805. The lowest BCUT2D eigenvalue weighted by Gasteiger charge is -2.13. The highest BCUT2D eigenvalue weighted by Crippen LogP contribution is 2.44. The molecule has 0 saturated carbocycles. The van der Waals surface area contributed by atoms with Crippen molar-refractivity contribution in [2.75, 3.05) is 0 Å². The second-order valence-electron chi connectivity index (χ2n) is 6.47. The first-order chi connectivity index (χ1) is 12.3. The van der Waals surface area contributed by atoms with Crippen molar-refractivity contribution >= 4 is 0 Å². The van der Waals surface area contributed by atoms with Gasteiger partial charge in [0.05, 0.1) is 18.1 Å². The van der Waals surface area contributed by atoms with Crippen molar-refractivity contribution in [3.05, 3.63) is 54.6 Å². The lowest BCUT2D eigenvalue weighted by molar-refractivity contribution is 0.0974. The smallest absolute Gasteiger partial charge is 0.232 e.